The Morgan fingerprint density at radius 1 is 1.14 bits per heavy atom. The summed E-state index contributed by atoms with van der Waals surface area (Å²) in [7, 11) is 1.81. The first-order chi connectivity index (χ1) is 10.3. The summed E-state index contributed by atoms with van der Waals surface area (Å²) in [5.74, 6) is 1.88. The molecule has 118 valence electrons. The predicted molar refractivity (Wildman–Crippen MR) is 85.0 cm³/mol. The van der Waals surface area contributed by atoms with Crippen LogP contribution in [0.15, 0.2) is 0 Å². The van der Waals surface area contributed by atoms with E-state index in [9.17, 15) is 0 Å². The van der Waals surface area contributed by atoms with Crippen LogP contribution < -0.4 is 15.5 Å². The van der Waals surface area contributed by atoms with Crippen molar-refractivity contribution in [2.45, 2.75) is 39.2 Å². The number of aromatic nitrogens is 3. The van der Waals surface area contributed by atoms with Crippen LogP contribution in [0.2, 0.25) is 0 Å². The van der Waals surface area contributed by atoms with E-state index in [2.05, 4.69) is 44.3 Å². The fourth-order valence-electron chi connectivity index (χ4n) is 2.38. The van der Waals surface area contributed by atoms with Gasteiger partial charge in [-0.15, -0.1) is 0 Å². The fourth-order valence-corrected chi connectivity index (χ4v) is 2.38. The van der Waals surface area contributed by atoms with Crippen molar-refractivity contribution in [3.8, 4) is 0 Å². The number of nitrogens with zero attached hydrogens (tertiary/aromatic N) is 4. The first-order valence-corrected chi connectivity index (χ1v) is 7.81. The molecule has 1 fully saturated rings. The van der Waals surface area contributed by atoms with Crippen LogP contribution in [0.5, 0.6) is 0 Å². The molecule has 21 heavy (non-hydrogen) atoms. The molecule has 7 nitrogen and oxygen atoms in total. The van der Waals surface area contributed by atoms with Gasteiger partial charge in [-0.2, -0.15) is 15.0 Å². The molecule has 1 unspecified atom stereocenters. The third kappa shape index (κ3) is 4.42. The summed E-state index contributed by atoms with van der Waals surface area (Å²) in [5, 5.41) is 6.27. The zero-order valence-corrected chi connectivity index (χ0v) is 13.2. The molecule has 0 spiro atoms. The van der Waals surface area contributed by atoms with Crippen LogP contribution in [0, 0.1) is 0 Å². The van der Waals surface area contributed by atoms with Crippen molar-refractivity contribution in [2.24, 2.45) is 0 Å². The topological polar surface area (TPSA) is 75.2 Å². The zero-order chi connectivity index (χ0) is 15.1. The van der Waals surface area contributed by atoms with Gasteiger partial charge in [-0.3, -0.25) is 0 Å². The van der Waals surface area contributed by atoms with Crippen molar-refractivity contribution in [1.29, 1.82) is 0 Å². The van der Waals surface area contributed by atoms with E-state index in [0.29, 0.717) is 17.8 Å². The average molecular weight is 294 g/mol. The van der Waals surface area contributed by atoms with Gasteiger partial charge >= 0.3 is 0 Å². The van der Waals surface area contributed by atoms with E-state index in [1.165, 1.54) is 6.42 Å². The van der Waals surface area contributed by atoms with E-state index in [1.54, 1.807) is 0 Å². The van der Waals surface area contributed by atoms with E-state index in [0.717, 1.165) is 39.1 Å². The Labute approximate surface area is 126 Å². The second-order valence-electron chi connectivity index (χ2n) is 5.07. The molecule has 2 heterocycles. The molecule has 7 heteroatoms. The van der Waals surface area contributed by atoms with Crippen LogP contribution in [0.3, 0.4) is 0 Å². The summed E-state index contributed by atoms with van der Waals surface area (Å²) in [5.41, 5.74) is 0. The molecule has 1 aliphatic rings. The molecular formula is C14H26N6O. The van der Waals surface area contributed by atoms with E-state index in [1.807, 2.05) is 7.05 Å². The lowest BCUT2D eigenvalue weighted by molar-refractivity contribution is 0.0246. The third-order valence-corrected chi connectivity index (χ3v) is 3.66. The van der Waals surface area contributed by atoms with Crippen LogP contribution in [0.1, 0.15) is 33.1 Å². The predicted octanol–water partition coefficient (Wildman–Crippen LogP) is 1.74. The Kier molecular flexibility index (Phi) is 5.98. The van der Waals surface area contributed by atoms with Crippen molar-refractivity contribution >= 4 is 17.8 Å². The maximum atomic E-state index is 5.72. The van der Waals surface area contributed by atoms with Crippen molar-refractivity contribution in [2.75, 3.05) is 48.8 Å². The number of rotatable bonds is 7. The van der Waals surface area contributed by atoms with Crippen LogP contribution in [0.4, 0.5) is 17.8 Å². The summed E-state index contributed by atoms with van der Waals surface area (Å²) >= 11 is 0. The standard InChI is InChI=1S/C14H26N6O/c1-4-20(5-2)14-18-12(15-3)17-13(19-14)16-10-11-8-6-7-9-21-11/h11H,4-10H2,1-3H3,(H2,15,16,17,18,19). The molecule has 1 saturated heterocycles. The van der Waals surface area contributed by atoms with Crippen LogP contribution >= 0.6 is 0 Å². The van der Waals surface area contributed by atoms with E-state index in [4.69, 9.17) is 4.74 Å². The van der Waals surface area contributed by atoms with Crippen molar-refractivity contribution in [3.05, 3.63) is 0 Å². The Morgan fingerprint density at radius 2 is 1.90 bits per heavy atom. The monoisotopic (exact) mass is 294 g/mol. The summed E-state index contributed by atoms with van der Waals surface area (Å²) in [4.78, 5) is 15.4. The first-order valence-electron chi connectivity index (χ1n) is 7.81. The van der Waals surface area contributed by atoms with Crippen molar-refractivity contribution < 1.29 is 4.74 Å². The Balaban J connectivity index is 2.04. The number of anilines is 3. The molecule has 0 bridgehead atoms. The van der Waals surface area contributed by atoms with Gasteiger partial charge in [0.1, 0.15) is 0 Å². The molecule has 0 aromatic carbocycles. The Morgan fingerprint density at radius 3 is 2.52 bits per heavy atom. The fraction of sp³-hybridized carbons (Fsp3) is 0.786. The molecule has 0 aliphatic carbocycles. The van der Waals surface area contributed by atoms with Gasteiger partial charge in [0.2, 0.25) is 17.8 Å². The van der Waals surface area contributed by atoms with Crippen LogP contribution in [0.25, 0.3) is 0 Å². The number of hydrogen-bond acceptors (Lipinski definition) is 7. The highest BCUT2D eigenvalue weighted by Crippen LogP contribution is 2.15. The molecule has 0 amide bonds. The second-order valence-corrected chi connectivity index (χ2v) is 5.07. The maximum absolute atomic E-state index is 5.72. The lowest BCUT2D eigenvalue weighted by atomic mass is 10.1. The van der Waals surface area contributed by atoms with Gasteiger partial charge in [-0.25, -0.2) is 0 Å². The zero-order valence-electron chi connectivity index (χ0n) is 13.2. The normalized spacial score (nSPS) is 18.3. The average Bonchev–Trinajstić information content (AvgIpc) is 2.55. The molecule has 2 rings (SSSR count). The van der Waals surface area contributed by atoms with Gasteiger partial charge < -0.3 is 20.3 Å². The SMILES string of the molecule is CCN(CC)c1nc(NC)nc(NCC2CCCCO2)n1. The third-order valence-electron chi connectivity index (χ3n) is 3.66. The molecular weight excluding hydrogens is 268 g/mol. The molecule has 1 aromatic rings. The van der Waals surface area contributed by atoms with Gasteiger partial charge in [0.15, 0.2) is 0 Å². The van der Waals surface area contributed by atoms with Gasteiger partial charge in [0.05, 0.1) is 6.10 Å². The highest BCUT2D eigenvalue weighted by Gasteiger charge is 2.15. The summed E-state index contributed by atoms with van der Waals surface area (Å²) < 4.78 is 5.72. The first kappa shape index (κ1) is 15.8. The Bertz CT molecular complexity index is 431. The van der Waals surface area contributed by atoms with E-state index in [-0.39, 0.29) is 6.10 Å². The van der Waals surface area contributed by atoms with Gasteiger partial charge in [0, 0.05) is 33.3 Å². The highest BCUT2D eigenvalue weighted by atomic mass is 16.5. The van der Waals surface area contributed by atoms with Gasteiger partial charge in [-0.05, 0) is 33.1 Å². The van der Waals surface area contributed by atoms with Crippen molar-refractivity contribution in [3.63, 3.8) is 0 Å². The minimum atomic E-state index is 0.255. The lowest BCUT2D eigenvalue weighted by Gasteiger charge is -2.23. The number of hydrogen-bond donors (Lipinski definition) is 2. The van der Waals surface area contributed by atoms with Gasteiger partial charge in [0.25, 0.3) is 0 Å². The lowest BCUT2D eigenvalue weighted by Crippen LogP contribution is -2.29. The molecule has 0 radical (unpaired) electrons. The minimum Gasteiger partial charge on any atom is -0.376 e. The van der Waals surface area contributed by atoms with E-state index < -0.39 is 0 Å². The molecule has 1 aliphatic heterocycles. The summed E-state index contributed by atoms with van der Waals surface area (Å²) in [6.07, 6.45) is 3.75. The van der Waals surface area contributed by atoms with Crippen LogP contribution in [-0.2, 0) is 4.74 Å². The van der Waals surface area contributed by atoms with Crippen molar-refractivity contribution in [1.82, 2.24) is 15.0 Å². The van der Waals surface area contributed by atoms with Crippen LogP contribution in [-0.4, -0.2) is 54.3 Å². The van der Waals surface area contributed by atoms with E-state index >= 15 is 0 Å². The smallest absolute Gasteiger partial charge is 0.231 e. The second kappa shape index (κ2) is 7.97. The number of ether oxygens (including phenoxy) is 1. The summed E-state index contributed by atoms with van der Waals surface area (Å²) in [6.45, 7) is 7.52. The minimum absolute atomic E-state index is 0.255. The number of nitrogens with one attached hydrogen (secondary N) is 2. The molecule has 0 saturated carbocycles. The molecule has 2 N–H and O–H groups in total. The summed E-state index contributed by atoms with van der Waals surface area (Å²) in [6, 6.07) is 0. The quantitative estimate of drug-likeness (QED) is 0.793. The molecule has 1 atom stereocenters. The highest BCUT2D eigenvalue weighted by molar-refractivity contribution is 5.43. The molecule has 1 aromatic heterocycles. The largest absolute Gasteiger partial charge is 0.376 e. The maximum Gasteiger partial charge on any atom is 0.231 e. The van der Waals surface area contributed by atoms with Gasteiger partial charge in [-0.1, -0.05) is 0 Å². The Hall–Kier alpha value is -1.63.